The second-order valence-corrected chi connectivity index (χ2v) is 5.74. The Balaban J connectivity index is 2.05. The zero-order valence-corrected chi connectivity index (χ0v) is 12.4. The van der Waals surface area contributed by atoms with Crippen LogP contribution in [0.4, 0.5) is 6.01 Å². The molecular formula is C14H26N4O. The van der Waals surface area contributed by atoms with Crippen molar-refractivity contribution in [3.8, 4) is 0 Å². The van der Waals surface area contributed by atoms with Crippen molar-refractivity contribution in [3.05, 3.63) is 5.89 Å². The molecule has 1 N–H and O–H groups in total. The van der Waals surface area contributed by atoms with E-state index in [1.165, 1.54) is 25.7 Å². The fourth-order valence-corrected chi connectivity index (χ4v) is 2.66. The average molecular weight is 266 g/mol. The summed E-state index contributed by atoms with van der Waals surface area (Å²) in [5, 5.41) is 11.6. The molecule has 5 heteroatoms. The van der Waals surface area contributed by atoms with Crippen LogP contribution in [0.15, 0.2) is 4.42 Å². The van der Waals surface area contributed by atoms with Gasteiger partial charge in [-0.25, -0.2) is 0 Å². The Kier molecular flexibility index (Phi) is 5.19. The van der Waals surface area contributed by atoms with Crippen LogP contribution in [0.1, 0.15) is 52.3 Å². The number of rotatable bonds is 7. The minimum absolute atomic E-state index is 0.579. The van der Waals surface area contributed by atoms with Gasteiger partial charge in [0.25, 0.3) is 0 Å². The fourth-order valence-electron chi connectivity index (χ4n) is 2.66. The van der Waals surface area contributed by atoms with E-state index >= 15 is 0 Å². The molecule has 1 aromatic heterocycles. The summed E-state index contributed by atoms with van der Waals surface area (Å²) in [4.78, 5) is 2.32. The number of anilines is 1. The molecule has 1 aromatic rings. The Morgan fingerprint density at radius 3 is 2.68 bits per heavy atom. The van der Waals surface area contributed by atoms with Gasteiger partial charge in [0.1, 0.15) is 0 Å². The smallest absolute Gasteiger partial charge is 0.318 e. The number of aromatic nitrogens is 2. The van der Waals surface area contributed by atoms with E-state index in [9.17, 15) is 0 Å². The summed E-state index contributed by atoms with van der Waals surface area (Å²) >= 11 is 0. The molecule has 0 aromatic carbocycles. The molecule has 2 rings (SSSR count). The van der Waals surface area contributed by atoms with Crippen LogP contribution in [0, 0.1) is 5.92 Å². The highest BCUT2D eigenvalue weighted by Crippen LogP contribution is 2.28. The van der Waals surface area contributed by atoms with Crippen molar-refractivity contribution < 1.29 is 4.42 Å². The molecule has 1 fully saturated rings. The Hall–Kier alpha value is -1.10. The molecule has 1 saturated carbocycles. The van der Waals surface area contributed by atoms with Gasteiger partial charge in [-0.2, -0.15) is 0 Å². The second kappa shape index (κ2) is 6.89. The largest absolute Gasteiger partial charge is 0.407 e. The van der Waals surface area contributed by atoms with Crippen molar-refractivity contribution in [2.24, 2.45) is 5.92 Å². The maximum atomic E-state index is 5.80. The van der Waals surface area contributed by atoms with Crippen molar-refractivity contribution in [2.75, 3.05) is 18.0 Å². The number of nitrogens with one attached hydrogen (secondary N) is 1. The quantitative estimate of drug-likeness (QED) is 0.822. The van der Waals surface area contributed by atoms with E-state index in [0.717, 1.165) is 13.1 Å². The minimum atomic E-state index is 0.579. The molecule has 0 bridgehead atoms. The van der Waals surface area contributed by atoms with Gasteiger partial charge >= 0.3 is 6.01 Å². The highest BCUT2D eigenvalue weighted by molar-refractivity contribution is 5.27. The van der Waals surface area contributed by atoms with Crippen LogP contribution in [0.5, 0.6) is 0 Å². The van der Waals surface area contributed by atoms with E-state index in [4.69, 9.17) is 4.42 Å². The summed E-state index contributed by atoms with van der Waals surface area (Å²) in [7, 11) is 0. The lowest BCUT2D eigenvalue weighted by Gasteiger charge is -2.28. The SMILES string of the molecule is CCNCc1nnc(N(CC(C)C)C2CCCC2)o1. The predicted molar refractivity (Wildman–Crippen MR) is 76.1 cm³/mol. The van der Waals surface area contributed by atoms with Crippen LogP contribution < -0.4 is 10.2 Å². The standard InChI is InChI=1S/C14H26N4O/c1-4-15-9-13-16-17-14(19-13)18(10-11(2)3)12-7-5-6-8-12/h11-12,15H,4-10H2,1-3H3. The van der Waals surface area contributed by atoms with Crippen LogP contribution in [0.3, 0.4) is 0 Å². The normalized spacial score (nSPS) is 16.4. The van der Waals surface area contributed by atoms with Crippen molar-refractivity contribution in [3.63, 3.8) is 0 Å². The van der Waals surface area contributed by atoms with Crippen molar-refractivity contribution in [1.82, 2.24) is 15.5 Å². The van der Waals surface area contributed by atoms with E-state index in [1.807, 2.05) is 0 Å². The molecule has 0 radical (unpaired) electrons. The minimum Gasteiger partial charge on any atom is -0.407 e. The lowest BCUT2D eigenvalue weighted by Crippen LogP contribution is -2.36. The molecule has 0 atom stereocenters. The van der Waals surface area contributed by atoms with Crippen LogP contribution in [-0.2, 0) is 6.54 Å². The molecule has 5 nitrogen and oxygen atoms in total. The molecule has 0 spiro atoms. The summed E-state index contributed by atoms with van der Waals surface area (Å²) in [6.45, 7) is 9.10. The van der Waals surface area contributed by atoms with Gasteiger partial charge in [-0.05, 0) is 25.3 Å². The zero-order chi connectivity index (χ0) is 13.7. The summed E-state index contributed by atoms with van der Waals surface area (Å²) in [5.41, 5.74) is 0. The molecule has 1 heterocycles. The van der Waals surface area contributed by atoms with E-state index in [1.54, 1.807) is 0 Å². The first-order chi connectivity index (χ1) is 9.20. The number of hydrogen-bond donors (Lipinski definition) is 1. The third-order valence-electron chi connectivity index (χ3n) is 3.56. The molecule has 0 amide bonds. The van der Waals surface area contributed by atoms with E-state index in [-0.39, 0.29) is 0 Å². The van der Waals surface area contributed by atoms with E-state index in [2.05, 4.69) is 41.2 Å². The molecule has 1 aliphatic rings. The lowest BCUT2D eigenvalue weighted by atomic mass is 10.1. The van der Waals surface area contributed by atoms with Crippen molar-refractivity contribution in [1.29, 1.82) is 0 Å². The zero-order valence-electron chi connectivity index (χ0n) is 12.4. The summed E-state index contributed by atoms with van der Waals surface area (Å²) in [5.74, 6) is 1.29. The Morgan fingerprint density at radius 1 is 1.32 bits per heavy atom. The first kappa shape index (κ1) is 14.3. The Bertz CT molecular complexity index is 371. The highest BCUT2D eigenvalue weighted by Gasteiger charge is 2.27. The van der Waals surface area contributed by atoms with Gasteiger partial charge in [0.15, 0.2) is 0 Å². The van der Waals surface area contributed by atoms with Gasteiger partial charge < -0.3 is 14.6 Å². The number of hydrogen-bond acceptors (Lipinski definition) is 5. The lowest BCUT2D eigenvalue weighted by molar-refractivity contribution is 0.432. The highest BCUT2D eigenvalue weighted by atomic mass is 16.4. The van der Waals surface area contributed by atoms with Crippen LogP contribution in [-0.4, -0.2) is 29.3 Å². The topological polar surface area (TPSA) is 54.2 Å². The average Bonchev–Trinajstić information content (AvgIpc) is 3.04. The van der Waals surface area contributed by atoms with Gasteiger partial charge in [0.2, 0.25) is 5.89 Å². The van der Waals surface area contributed by atoms with Gasteiger partial charge in [-0.15, -0.1) is 5.10 Å². The first-order valence-corrected chi connectivity index (χ1v) is 7.50. The van der Waals surface area contributed by atoms with Crippen LogP contribution >= 0.6 is 0 Å². The Morgan fingerprint density at radius 2 is 2.05 bits per heavy atom. The van der Waals surface area contributed by atoms with Gasteiger partial charge in [-0.3, -0.25) is 0 Å². The van der Waals surface area contributed by atoms with Gasteiger partial charge in [-0.1, -0.05) is 38.7 Å². The second-order valence-electron chi connectivity index (χ2n) is 5.74. The first-order valence-electron chi connectivity index (χ1n) is 7.50. The summed E-state index contributed by atoms with van der Waals surface area (Å²) in [6.07, 6.45) is 5.13. The molecule has 0 aliphatic heterocycles. The monoisotopic (exact) mass is 266 g/mol. The molecular weight excluding hydrogens is 240 g/mol. The molecule has 108 valence electrons. The van der Waals surface area contributed by atoms with E-state index in [0.29, 0.717) is 30.4 Å². The molecule has 19 heavy (non-hydrogen) atoms. The maximum Gasteiger partial charge on any atom is 0.318 e. The third-order valence-corrected chi connectivity index (χ3v) is 3.56. The van der Waals surface area contributed by atoms with Gasteiger partial charge in [0, 0.05) is 12.6 Å². The van der Waals surface area contributed by atoms with Crippen molar-refractivity contribution in [2.45, 2.75) is 59.0 Å². The maximum absolute atomic E-state index is 5.80. The molecule has 0 saturated heterocycles. The molecule has 1 aliphatic carbocycles. The predicted octanol–water partition coefficient (Wildman–Crippen LogP) is 2.58. The number of nitrogens with zero attached hydrogens (tertiary/aromatic N) is 3. The van der Waals surface area contributed by atoms with Crippen LogP contribution in [0.2, 0.25) is 0 Å². The van der Waals surface area contributed by atoms with Crippen LogP contribution in [0.25, 0.3) is 0 Å². The fraction of sp³-hybridized carbons (Fsp3) is 0.857. The van der Waals surface area contributed by atoms with Gasteiger partial charge in [0.05, 0.1) is 6.54 Å². The van der Waals surface area contributed by atoms with E-state index < -0.39 is 0 Å². The summed E-state index contributed by atoms with van der Waals surface area (Å²) < 4.78 is 5.80. The van der Waals surface area contributed by atoms with Crippen molar-refractivity contribution >= 4 is 6.01 Å². The third kappa shape index (κ3) is 3.93. The molecule has 0 unspecified atom stereocenters. The summed E-state index contributed by atoms with van der Waals surface area (Å²) in [6, 6.07) is 1.28. The Labute approximate surface area is 115 Å².